The van der Waals surface area contributed by atoms with E-state index in [9.17, 15) is 4.79 Å². The van der Waals surface area contributed by atoms with Crippen LogP contribution in [0.2, 0.25) is 0 Å². The van der Waals surface area contributed by atoms with Gasteiger partial charge in [-0.3, -0.25) is 4.79 Å². The summed E-state index contributed by atoms with van der Waals surface area (Å²) in [5, 5.41) is 6.45. The second-order valence-electron chi connectivity index (χ2n) is 4.23. The van der Waals surface area contributed by atoms with Gasteiger partial charge in [-0.05, 0) is 50.6 Å². The zero-order chi connectivity index (χ0) is 14.1. The van der Waals surface area contributed by atoms with Crippen molar-refractivity contribution < 1.29 is 14.4 Å². The van der Waals surface area contributed by atoms with Gasteiger partial charge in [-0.1, -0.05) is 5.16 Å². The first kappa shape index (κ1) is 15.0. The Balaban J connectivity index is 2.34. The number of hydrogen-bond donors (Lipinski definition) is 1. The van der Waals surface area contributed by atoms with E-state index < -0.39 is 0 Å². The van der Waals surface area contributed by atoms with Crippen LogP contribution in [-0.4, -0.2) is 31.4 Å². The third-order valence-electron chi connectivity index (χ3n) is 2.11. The van der Waals surface area contributed by atoms with E-state index in [0.29, 0.717) is 6.61 Å². The van der Waals surface area contributed by atoms with Crippen molar-refractivity contribution >= 4 is 12.1 Å². The number of carbonyl (C=O) groups excluding carboxylic acids is 1. The van der Waals surface area contributed by atoms with E-state index in [1.165, 1.54) is 0 Å². The standard InChI is InChI=1S/C14H20N2O3/c1-4-18-13-7-5-12(6-8-13)9-15-19-10-14(17)16-11(2)3/h5-9,11H,4,10H2,1-3H3,(H,16,17)/b15-9-. The van der Waals surface area contributed by atoms with Gasteiger partial charge in [0.25, 0.3) is 5.91 Å². The molecule has 0 aliphatic heterocycles. The van der Waals surface area contributed by atoms with E-state index in [-0.39, 0.29) is 18.6 Å². The van der Waals surface area contributed by atoms with Crippen LogP contribution in [0.3, 0.4) is 0 Å². The van der Waals surface area contributed by atoms with Gasteiger partial charge < -0.3 is 14.9 Å². The molecule has 0 saturated carbocycles. The van der Waals surface area contributed by atoms with Gasteiger partial charge in [0.05, 0.1) is 12.8 Å². The Morgan fingerprint density at radius 3 is 2.63 bits per heavy atom. The Hall–Kier alpha value is -2.04. The monoisotopic (exact) mass is 264 g/mol. The minimum Gasteiger partial charge on any atom is -0.494 e. The summed E-state index contributed by atoms with van der Waals surface area (Å²) in [5.41, 5.74) is 0.882. The second-order valence-corrected chi connectivity index (χ2v) is 4.23. The maximum atomic E-state index is 11.3. The summed E-state index contributed by atoms with van der Waals surface area (Å²) in [6.45, 7) is 6.28. The molecule has 19 heavy (non-hydrogen) atoms. The number of amides is 1. The van der Waals surface area contributed by atoms with Gasteiger partial charge in [-0.2, -0.15) is 0 Å². The average molecular weight is 264 g/mol. The lowest BCUT2D eigenvalue weighted by molar-refractivity contribution is -0.126. The number of carbonyl (C=O) groups is 1. The molecule has 0 heterocycles. The zero-order valence-corrected chi connectivity index (χ0v) is 11.6. The van der Waals surface area contributed by atoms with Crippen LogP contribution in [0.1, 0.15) is 26.3 Å². The number of nitrogens with one attached hydrogen (secondary N) is 1. The highest BCUT2D eigenvalue weighted by atomic mass is 16.6. The molecule has 0 aromatic heterocycles. The molecule has 1 N–H and O–H groups in total. The molecular formula is C14H20N2O3. The van der Waals surface area contributed by atoms with E-state index in [2.05, 4.69) is 10.5 Å². The Morgan fingerprint density at radius 2 is 2.05 bits per heavy atom. The predicted octanol–water partition coefficient (Wildman–Crippen LogP) is 1.96. The highest BCUT2D eigenvalue weighted by molar-refractivity contribution is 5.80. The van der Waals surface area contributed by atoms with Crippen molar-refractivity contribution in [1.29, 1.82) is 0 Å². The van der Waals surface area contributed by atoms with Gasteiger partial charge in [0.15, 0.2) is 6.61 Å². The van der Waals surface area contributed by atoms with Crippen molar-refractivity contribution in [3.63, 3.8) is 0 Å². The fourth-order valence-corrected chi connectivity index (χ4v) is 1.37. The molecule has 0 saturated heterocycles. The largest absolute Gasteiger partial charge is 0.494 e. The number of nitrogens with zero attached hydrogens (tertiary/aromatic N) is 1. The first-order valence-electron chi connectivity index (χ1n) is 6.29. The fourth-order valence-electron chi connectivity index (χ4n) is 1.37. The summed E-state index contributed by atoms with van der Waals surface area (Å²) >= 11 is 0. The minimum absolute atomic E-state index is 0.0777. The quantitative estimate of drug-likeness (QED) is 0.605. The molecule has 104 valence electrons. The van der Waals surface area contributed by atoms with Gasteiger partial charge >= 0.3 is 0 Å². The molecule has 1 aromatic rings. The van der Waals surface area contributed by atoms with Gasteiger partial charge in [0.1, 0.15) is 5.75 Å². The molecule has 5 heteroatoms. The number of rotatable bonds is 7. The van der Waals surface area contributed by atoms with E-state index in [1.807, 2.05) is 45.0 Å². The van der Waals surface area contributed by atoms with E-state index in [1.54, 1.807) is 6.21 Å². The molecule has 1 amide bonds. The molecule has 0 fully saturated rings. The van der Waals surface area contributed by atoms with Gasteiger partial charge in [-0.25, -0.2) is 0 Å². The van der Waals surface area contributed by atoms with Crippen molar-refractivity contribution in [3.05, 3.63) is 29.8 Å². The highest BCUT2D eigenvalue weighted by Gasteiger charge is 2.02. The van der Waals surface area contributed by atoms with Crippen LogP contribution in [0.25, 0.3) is 0 Å². The summed E-state index contributed by atoms with van der Waals surface area (Å²) in [6.07, 6.45) is 1.55. The lowest BCUT2D eigenvalue weighted by Gasteiger charge is -2.06. The molecule has 1 aromatic carbocycles. The summed E-state index contributed by atoms with van der Waals surface area (Å²) in [5.74, 6) is 0.635. The number of ether oxygens (including phenoxy) is 1. The first-order valence-corrected chi connectivity index (χ1v) is 6.29. The first-order chi connectivity index (χ1) is 9.11. The van der Waals surface area contributed by atoms with Crippen LogP contribution in [0.5, 0.6) is 5.75 Å². The zero-order valence-electron chi connectivity index (χ0n) is 11.6. The maximum absolute atomic E-state index is 11.3. The molecule has 0 spiro atoms. The molecule has 0 unspecified atom stereocenters. The van der Waals surface area contributed by atoms with Crippen molar-refractivity contribution in [2.45, 2.75) is 26.8 Å². The maximum Gasteiger partial charge on any atom is 0.260 e. The van der Waals surface area contributed by atoms with Crippen LogP contribution in [0.4, 0.5) is 0 Å². The van der Waals surface area contributed by atoms with Crippen molar-refractivity contribution in [1.82, 2.24) is 5.32 Å². The van der Waals surface area contributed by atoms with Crippen molar-refractivity contribution in [2.75, 3.05) is 13.2 Å². The van der Waals surface area contributed by atoms with E-state index in [0.717, 1.165) is 11.3 Å². The van der Waals surface area contributed by atoms with Crippen molar-refractivity contribution in [3.8, 4) is 5.75 Å². The average Bonchev–Trinajstić information content (AvgIpc) is 2.36. The molecular weight excluding hydrogens is 244 g/mol. The summed E-state index contributed by atoms with van der Waals surface area (Å²) in [7, 11) is 0. The molecule has 5 nitrogen and oxygen atoms in total. The van der Waals surface area contributed by atoms with E-state index >= 15 is 0 Å². The SMILES string of the molecule is CCOc1ccc(/C=N\OCC(=O)NC(C)C)cc1. The van der Waals surface area contributed by atoms with Gasteiger partial charge in [-0.15, -0.1) is 0 Å². The number of hydrogen-bond acceptors (Lipinski definition) is 4. The fraction of sp³-hybridized carbons (Fsp3) is 0.429. The molecule has 0 aliphatic rings. The van der Waals surface area contributed by atoms with Crippen LogP contribution < -0.4 is 10.1 Å². The van der Waals surface area contributed by atoms with Crippen LogP contribution in [0, 0.1) is 0 Å². The third kappa shape index (κ3) is 6.45. The molecule has 0 atom stereocenters. The van der Waals surface area contributed by atoms with Crippen molar-refractivity contribution in [2.24, 2.45) is 5.16 Å². The minimum atomic E-state index is -0.182. The summed E-state index contributed by atoms with van der Waals surface area (Å²) in [6, 6.07) is 7.55. The predicted molar refractivity (Wildman–Crippen MR) is 74.4 cm³/mol. The van der Waals surface area contributed by atoms with Crippen LogP contribution >= 0.6 is 0 Å². The molecule has 1 rings (SSSR count). The number of benzene rings is 1. The van der Waals surface area contributed by atoms with Gasteiger partial charge in [0.2, 0.25) is 0 Å². The second kappa shape index (κ2) is 8.13. The lowest BCUT2D eigenvalue weighted by Crippen LogP contribution is -2.32. The Labute approximate surface area is 113 Å². The Bertz CT molecular complexity index is 413. The highest BCUT2D eigenvalue weighted by Crippen LogP contribution is 2.10. The number of oxime groups is 1. The van der Waals surface area contributed by atoms with Gasteiger partial charge in [0, 0.05) is 6.04 Å². The van der Waals surface area contributed by atoms with Crippen LogP contribution in [-0.2, 0) is 9.63 Å². The summed E-state index contributed by atoms with van der Waals surface area (Å²) < 4.78 is 5.33. The Morgan fingerprint density at radius 1 is 1.37 bits per heavy atom. The third-order valence-corrected chi connectivity index (χ3v) is 2.11. The van der Waals surface area contributed by atoms with E-state index in [4.69, 9.17) is 9.57 Å². The normalized spacial score (nSPS) is 10.7. The smallest absolute Gasteiger partial charge is 0.260 e. The summed E-state index contributed by atoms with van der Waals surface area (Å²) in [4.78, 5) is 16.2. The van der Waals surface area contributed by atoms with Crippen LogP contribution in [0.15, 0.2) is 29.4 Å². The molecule has 0 radical (unpaired) electrons. The topological polar surface area (TPSA) is 59.9 Å². The lowest BCUT2D eigenvalue weighted by atomic mass is 10.2. The molecule has 0 aliphatic carbocycles. The Kier molecular flexibility index (Phi) is 6.43. The molecule has 0 bridgehead atoms.